The molecule has 0 unspecified atom stereocenters. The molecule has 3 heterocycles. The van der Waals surface area contributed by atoms with Crippen LogP contribution in [0.1, 0.15) is 0 Å². The first-order chi connectivity index (χ1) is 28.6. The molecule has 0 saturated heterocycles. The standard InChI is InChI=1S/C51H34N5OP/c57-58(44-22-9-3-10-23-44,45-24-11-4-12-25-45)46-26-14-20-38(32-46)43-31-40-28-27-39-30-42(33-52-47(39)48(40)53-34-43)37-19-13-21-41(29-37)51-55-49(35-15-5-1-6-16-35)54-50(56-51)36-17-7-2-8-18-36/h1-34H. The molecular formula is C51H34N5OP. The molecule has 58 heavy (non-hydrogen) atoms. The second kappa shape index (κ2) is 14.9. The molecule has 0 atom stereocenters. The largest absolute Gasteiger partial charge is 0.309 e. The number of fused-ring (bicyclic) bond motifs is 3. The first kappa shape index (κ1) is 35.0. The fourth-order valence-corrected chi connectivity index (χ4v) is 10.2. The lowest BCUT2D eigenvalue weighted by molar-refractivity contribution is 0.592. The summed E-state index contributed by atoms with van der Waals surface area (Å²) in [6, 6.07) is 64.3. The molecule has 0 bridgehead atoms. The van der Waals surface area contributed by atoms with Gasteiger partial charge >= 0.3 is 0 Å². The molecule has 10 rings (SSSR count). The van der Waals surface area contributed by atoms with Crippen LogP contribution in [0.15, 0.2) is 207 Å². The molecule has 6 nitrogen and oxygen atoms in total. The van der Waals surface area contributed by atoms with Gasteiger partial charge in [-0.25, -0.2) is 15.0 Å². The summed E-state index contributed by atoms with van der Waals surface area (Å²) in [5.41, 5.74) is 8.26. The average Bonchev–Trinajstić information content (AvgIpc) is 3.32. The molecule has 274 valence electrons. The van der Waals surface area contributed by atoms with Crippen molar-refractivity contribution in [2.45, 2.75) is 0 Å². The maximum absolute atomic E-state index is 15.1. The van der Waals surface area contributed by atoms with Crippen molar-refractivity contribution in [3.05, 3.63) is 207 Å². The lowest BCUT2D eigenvalue weighted by Gasteiger charge is -2.20. The topological polar surface area (TPSA) is 81.5 Å². The van der Waals surface area contributed by atoms with Crippen molar-refractivity contribution >= 4 is 44.9 Å². The van der Waals surface area contributed by atoms with Crippen LogP contribution in [-0.4, -0.2) is 24.9 Å². The highest BCUT2D eigenvalue weighted by atomic mass is 31.2. The molecule has 0 saturated carbocycles. The summed E-state index contributed by atoms with van der Waals surface area (Å²) in [7, 11) is -3.13. The minimum absolute atomic E-state index is 0.600. The molecule has 0 spiro atoms. The second-order valence-corrected chi connectivity index (χ2v) is 16.9. The molecule has 0 aliphatic rings. The zero-order valence-corrected chi connectivity index (χ0v) is 32.1. The van der Waals surface area contributed by atoms with Gasteiger partial charge in [-0.15, -0.1) is 0 Å². The summed E-state index contributed by atoms with van der Waals surface area (Å²) in [5.74, 6) is 1.84. The number of pyridine rings is 2. The Kier molecular flexibility index (Phi) is 9.02. The number of rotatable bonds is 8. The van der Waals surface area contributed by atoms with E-state index in [0.29, 0.717) is 17.5 Å². The number of benzene rings is 7. The molecule has 0 N–H and O–H groups in total. The lowest BCUT2D eigenvalue weighted by atomic mass is 10.0. The zero-order valence-electron chi connectivity index (χ0n) is 31.2. The Labute approximate surface area is 336 Å². The smallest absolute Gasteiger partial charge is 0.171 e. The first-order valence-corrected chi connectivity index (χ1v) is 20.8. The van der Waals surface area contributed by atoms with Crippen molar-refractivity contribution in [1.29, 1.82) is 0 Å². The summed E-state index contributed by atoms with van der Waals surface area (Å²) < 4.78 is 15.1. The minimum atomic E-state index is -3.13. The van der Waals surface area contributed by atoms with Crippen LogP contribution in [0.5, 0.6) is 0 Å². The molecule has 3 aromatic heterocycles. The van der Waals surface area contributed by atoms with Crippen LogP contribution in [0.3, 0.4) is 0 Å². The van der Waals surface area contributed by atoms with Crippen molar-refractivity contribution in [1.82, 2.24) is 24.9 Å². The monoisotopic (exact) mass is 763 g/mol. The number of hydrogen-bond donors (Lipinski definition) is 0. The van der Waals surface area contributed by atoms with Crippen LogP contribution in [0, 0.1) is 0 Å². The van der Waals surface area contributed by atoms with Crippen molar-refractivity contribution < 1.29 is 4.57 Å². The molecular weight excluding hydrogens is 730 g/mol. The van der Waals surface area contributed by atoms with Gasteiger partial charge in [-0.3, -0.25) is 9.97 Å². The SMILES string of the molecule is O=P(c1ccccc1)(c1ccccc1)c1cccc(-c2cnc3c(ccc4cc(-c5cccc(-c6nc(-c7ccccc7)nc(-c7ccccc7)n6)c5)cnc43)c2)c1. The highest BCUT2D eigenvalue weighted by Crippen LogP contribution is 2.43. The lowest BCUT2D eigenvalue weighted by Crippen LogP contribution is -2.25. The van der Waals surface area contributed by atoms with Crippen molar-refractivity contribution in [2.24, 2.45) is 0 Å². The molecule has 7 heteroatoms. The predicted octanol–water partition coefficient (Wildman–Crippen LogP) is 10.9. The van der Waals surface area contributed by atoms with Crippen molar-refractivity contribution in [2.75, 3.05) is 0 Å². The van der Waals surface area contributed by atoms with Gasteiger partial charge < -0.3 is 4.57 Å². The fraction of sp³-hybridized carbons (Fsp3) is 0. The Morgan fingerprint density at radius 3 is 1.19 bits per heavy atom. The van der Waals surface area contributed by atoms with E-state index < -0.39 is 7.14 Å². The van der Waals surface area contributed by atoms with E-state index in [1.165, 1.54) is 0 Å². The summed E-state index contributed by atoms with van der Waals surface area (Å²) in [6.45, 7) is 0. The van der Waals surface area contributed by atoms with Crippen LogP contribution in [-0.2, 0) is 4.57 Å². The highest BCUT2D eigenvalue weighted by molar-refractivity contribution is 7.85. The Morgan fingerprint density at radius 2 is 0.690 bits per heavy atom. The molecule has 10 aromatic rings. The first-order valence-electron chi connectivity index (χ1n) is 19.1. The average molecular weight is 764 g/mol. The Morgan fingerprint density at radius 1 is 0.310 bits per heavy atom. The van der Waals surface area contributed by atoms with Gasteiger partial charge in [0.2, 0.25) is 0 Å². The van der Waals surface area contributed by atoms with Crippen LogP contribution in [0.2, 0.25) is 0 Å². The number of aromatic nitrogens is 5. The van der Waals surface area contributed by atoms with E-state index in [2.05, 4.69) is 36.4 Å². The zero-order chi connectivity index (χ0) is 38.9. The summed E-state index contributed by atoms with van der Waals surface area (Å²) >= 11 is 0. The van der Waals surface area contributed by atoms with Gasteiger partial charge in [-0.2, -0.15) is 0 Å². The third-order valence-corrected chi connectivity index (χ3v) is 13.5. The molecule has 0 fully saturated rings. The Bertz CT molecular complexity index is 3040. The number of nitrogens with zero attached hydrogens (tertiary/aromatic N) is 5. The van der Waals surface area contributed by atoms with Crippen LogP contribution < -0.4 is 15.9 Å². The maximum Gasteiger partial charge on any atom is 0.171 e. The van der Waals surface area contributed by atoms with E-state index in [-0.39, 0.29) is 0 Å². The van der Waals surface area contributed by atoms with Gasteiger partial charge in [0.15, 0.2) is 24.6 Å². The van der Waals surface area contributed by atoms with Gasteiger partial charge in [0.05, 0.1) is 11.0 Å². The summed E-state index contributed by atoms with van der Waals surface area (Å²) in [6.07, 6.45) is 3.79. The van der Waals surface area contributed by atoms with Gasteiger partial charge in [0.1, 0.15) is 0 Å². The fourth-order valence-electron chi connectivity index (χ4n) is 7.49. The summed E-state index contributed by atoms with van der Waals surface area (Å²) in [4.78, 5) is 24.6. The Hall–Kier alpha value is -7.40. The van der Waals surface area contributed by atoms with E-state index in [9.17, 15) is 0 Å². The van der Waals surface area contributed by atoms with Gasteiger partial charge in [0.25, 0.3) is 0 Å². The van der Waals surface area contributed by atoms with E-state index in [1.807, 2.05) is 170 Å². The normalized spacial score (nSPS) is 11.5. The van der Waals surface area contributed by atoms with E-state index in [1.54, 1.807) is 0 Å². The van der Waals surface area contributed by atoms with Crippen LogP contribution in [0.25, 0.3) is 78.2 Å². The minimum Gasteiger partial charge on any atom is -0.309 e. The number of hydrogen-bond acceptors (Lipinski definition) is 6. The molecule has 0 amide bonds. The molecule has 7 aromatic carbocycles. The van der Waals surface area contributed by atoms with Gasteiger partial charge in [-0.05, 0) is 35.4 Å². The third kappa shape index (κ3) is 6.56. The van der Waals surface area contributed by atoms with Crippen LogP contribution >= 0.6 is 7.14 Å². The van der Waals surface area contributed by atoms with Crippen LogP contribution in [0.4, 0.5) is 0 Å². The van der Waals surface area contributed by atoms with E-state index in [0.717, 1.165) is 76.7 Å². The second-order valence-electron chi connectivity index (χ2n) is 14.1. The van der Waals surface area contributed by atoms with Gasteiger partial charge in [0, 0.05) is 66.9 Å². The van der Waals surface area contributed by atoms with E-state index >= 15 is 4.57 Å². The van der Waals surface area contributed by atoms with E-state index in [4.69, 9.17) is 24.9 Å². The maximum atomic E-state index is 15.1. The third-order valence-electron chi connectivity index (χ3n) is 10.4. The predicted molar refractivity (Wildman–Crippen MR) is 237 cm³/mol. The van der Waals surface area contributed by atoms with Crippen molar-refractivity contribution in [3.8, 4) is 56.4 Å². The van der Waals surface area contributed by atoms with Gasteiger partial charge in [-0.1, -0.05) is 170 Å². The molecule has 0 aliphatic heterocycles. The quantitative estimate of drug-likeness (QED) is 0.113. The Balaban J connectivity index is 0.992. The van der Waals surface area contributed by atoms with Crippen molar-refractivity contribution in [3.63, 3.8) is 0 Å². The molecule has 0 aliphatic carbocycles. The summed E-state index contributed by atoms with van der Waals surface area (Å²) in [5, 5.41) is 4.35. The molecule has 0 radical (unpaired) electrons. The highest BCUT2D eigenvalue weighted by Gasteiger charge is 2.29.